The van der Waals surface area contributed by atoms with E-state index < -0.39 is 5.66 Å². The maximum atomic E-state index is 13.8. The second kappa shape index (κ2) is 11.6. The summed E-state index contributed by atoms with van der Waals surface area (Å²) in [4.78, 5) is 42.3. The molecule has 2 amide bonds. The monoisotopic (exact) mass is 480 g/mol. The third-order valence-electron chi connectivity index (χ3n) is 6.16. The van der Waals surface area contributed by atoms with Crippen LogP contribution in [0, 0.1) is 0 Å². The number of ether oxygens (including phenoxy) is 4. The average Bonchev–Trinajstić information content (AvgIpc) is 2.82. The van der Waals surface area contributed by atoms with E-state index in [-0.39, 0.29) is 42.3 Å². The van der Waals surface area contributed by atoms with Gasteiger partial charge in [0, 0.05) is 45.7 Å². The molecule has 1 spiro atoms. The summed E-state index contributed by atoms with van der Waals surface area (Å²) < 4.78 is 23.1. The van der Waals surface area contributed by atoms with Gasteiger partial charge in [-0.2, -0.15) is 0 Å². The van der Waals surface area contributed by atoms with Gasteiger partial charge in [0.15, 0.2) is 11.4 Å². The number of hydrogen-bond donors (Lipinski definition) is 1. The summed E-state index contributed by atoms with van der Waals surface area (Å²) in [6, 6.07) is 1.43. The van der Waals surface area contributed by atoms with Gasteiger partial charge in [-0.05, 0) is 20.3 Å². The second-order valence-electron chi connectivity index (χ2n) is 8.35. The SMILES string of the molecule is CCCCOc1c2n(c(COCOC)cc1=O)NC1(CCN(C(=O)OCC)CC1)N(CC)C2=O. The van der Waals surface area contributed by atoms with Crippen molar-refractivity contribution in [2.45, 2.75) is 58.7 Å². The van der Waals surface area contributed by atoms with Gasteiger partial charge in [-0.3, -0.25) is 19.7 Å². The van der Waals surface area contributed by atoms with Crippen LogP contribution in [0.5, 0.6) is 5.75 Å². The number of pyridine rings is 1. The highest BCUT2D eigenvalue weighted by molar-refractivity contribution is 5.97. The Kier molecular flexibility index (Phi) is 8.78. The molecule has 0 radical (unpaired) electrons. The number of piperidine rings is 1. The normalized spacial score (nSPS) is 16.9. The van der Waals surface area contributed by atoms with E-state index in [1.807, 2.05) is 13.8 Å². The molecule has 1 fully saturated rings. The number of nitrogens with one attached hydrogen (secondary N) is 1. The molecule has 34 heavy (non-hydrogen) atoms. The van der Waals surface area contributed by atoms with Crippen molar-refractivity contribution in [3.8, 4) is 5.75 Å². The van der Waals surface area contributed by atoms with Gasteiger partial charge in [0.1, 0.15) is 12.5 Å². The van der Waals surface area contributed by atoms with E-state index in [9.17, 15) is 14.4 Å². The van der Waals surface area contributed by atoms with E-state index in [4.69, 9.17) is 18.9 Å². The van der Waals surface area contributed by atoms with Crippen molar-refractivity contribution in [3.05, 3.63) is 27.7 Å². The van der Waals surface area contributed by atoms with Gasteiger partial charge < -0.3 is 28.7 Å². The average molecular weight is 481 g/mol. The minimum absolute atomic E-state index is 0.0405. The molecule has 1 aromatic rings. The van der Waals surface area contributed by atoms with Crippen LogP contribution < -0.4 is 15.6 Å². The van der Waals surface area contributed by atoms with Crippen LogP contribution in [0.2, 0.25) is 0 Å². The van der Waals surface area contributed by atoms with Gasteiger partial charge in [0.05, 0.1) is 25.5 Å². The molecule has 0 atom stereocenters. The molecule has 1 N–H and O–H groups in total. The molecule has 11 heteroatoms. The van der Waals surface area contributed by atoms with E-state index in [0.717, 1.165) is 12.8 Å². The molecule has 0 saturated carbocycles. The molecule has 0 aromatic carbocycles. The van der Waals surface area contributed by atoms with Crippen LogP contribution in [0.1, 0.15) is 62.6 Å². The summed E-state index contributed by atoms with van der Waals surface area (Å²) in [5, 5.41) is 0. The van der Waals surface area contributed by atoms with E-state index >= 15 is 0 Å². The van der Waals surface area contributed by atoms with E-state index in [0.29, 0.717) is 51.4 Å². The topological polar surface area (TPSA) is 112 Å². The number of carbonyl (C=O) groups is 2. The summed E-state index contributed by atoms with van der Waals surface area (Å²) in [6.45, 7) is 7.77. The van der Waals surface area contributed by atoms with Crippen LogP contribution >= 0.6 is 0 Å². The molecule has 0 unspecified atom stereocenters. The molecule has 0 aliphatic carbocycles. The Morgan fingerprint density at radius 1 is 1.18 bits per heavy atom. The first-order chi connectivity index (χ1) is 16.4. The van der Waals surface area contributed by atoms with Crippen molar-refractivity contribution >= 4 is 12.0 Å². The van der Waals surface area contributed by atoms with Crippen LogP contribution in [0.25, 0.3) is 0 Å². The lowest BCUT2D eigenvalue weighted by molar-refractivity contribution is -0.0417. The molecule has 1 saturated heterocycles. The Hall–Kier alpha value is -2.79. The molecular formula is C23H36N4O7. The molecule has 3 heterocycles. The number of unbranched alkanes of at least 4 members (excludes halogenated alkanes) is 1. The summed E-state index contributed by atoms with van der Waals surface area (Å²) in [5.41, 5.74) is 3.06. The van der Waals surface area contributed by atoms with Gasteiger partial charge in [-0.25, -0.2) is 4.79 Å². The Morgan fingerprint density at radius 3 is 2.53 bits per heavy atom. The van der Waals surface area contributed by atoms with Crippen molar-refractivity contribution in [2.75, 3.05) is 52.2 Å². The predicted molar refractivity (Wildman–Crippen MR) is 124 cm³/mol. The van der Waals surface area contributed by atoms with Gasteiger partial charge in [0.25, 0.3) is 5.91 Å². The van der Waals surface area contributed by atoms with E-state index in [1.165, 1.54) is 13.2 Å². The molecular weight excluding hydrogens is 444 g/mol. The minimum atomic E-state index is -0.729. The molecule has 190 valence electrons. The lowest BCUT2D eigenvalue weighted by Gasteiger charge is -2.52. The first kappa shape index (κ1) is 25.8. The van der Waals surface area contributed by atoms with Crippen molar-refractivity contribution in [1.29, 1.82) is 0 Å². The molecule has 0 bridgehead atoms. The number of rotatable bonds is 10. The van der Waals surface area contributed by atoms with Crippen molar-refractivity contribution in [2.24, 2.45) is 0 Å². The number of methoxy groups -OCH3 is 1. The number of amides is 2. The number of carbonyl (C=O) groups excluding carboxylic acids is 2. The van der Waals surface area contributed by atoms with Gasteiger partial charge >= 0.3 is 6.09 Å². The Balaban J connectivity index is 2.00. The van der Waals surface area contributed by atoms with E-state index in [2.05, 4.69) is 5.43 Å². The Bertz CT molecular complexity index is 925. The first-order valence-electron chi connectivity index (χ1n) is 11.9. The van der Waals surface area contributed by atoms with Crippen molar-refractivity contribution in [1.82, 2.24) is 14.5 Å². The van der Waals surface area contributed by atoms with Gasteiger partial charge in [-0.15, -0.1) is 0 Å². The standard InChI is InChI=1S/C23H36N4O7/c1-5-8-13-34-20-18(28)14-17(15-32-16-31-4)27-19(20)21(29)26(6-2)23(24-27)9-11-25(12-10-23)22(30)33-7-3/h14,24H,5-13,15-16H2,1-4H3. The number of likely N-dealkylation sites (tertiary alicyclic amines) is 1. The summed E-state index contributed by atoms with van der Waals surface area (Å²) in [5.74, 6) is -0.248. The number of hydrogen-bond acceptors (Lipinski definition) is 8. The molecule has 11 nitrogen and oxygen atoms in total. The van der Waals surface area contributed by atoms with Crippen LogP contribution in [0.15, 0.2) is 10.9 Å². The van der Waals surface area contributed by atoms with Crippen molar-refractivity contribution < 1.29 is 28.5 Å². The highest BCUT2D eigenvalue weighted by atomic mass is 16.7. The highest BCUT2D eigenvalue weighted by Crippen LogP contribution is 2.35. The quantitative estimate of drug-likeness (QED) is 0.400. The van der Waals surface area contributed by atoms with Gasteiger partial charge in [0.2, 0.25) is 5.43 Å². The predicted octanol–water partition coefficient (Wildman–Crippen LogP) is 2.12. The highest BCUT2D eigenvalue weighted by Gasteiger charge is 2.48. The molecule has 1 aromatic heterocycles. The Morgan fingerprint density at radius 2 is 1.91 bits per heavy atom. The van der Waals surface area contributed by atoms with Crippen LogP contribution in [0.3, 0.4) is 0 Å². The number of aromatic nitrogens is 1. The molecule has 2 aliphatic rings. The third-order valence-corrected chi connectivity index (χ3v) is 6.16. The largest absolute Gasteiger partial charge is 0.487 e. The summed E-state index contributed by atoms with van der Waals surface area (Å²) in [7, 11) is 1.51. The summed E-state index contributed by atoms with van der Waals surface area (Å²) in [6.07, 6.45) is 2.32. The van der Waals surface area contributed by atoms with Gasteiger partial charge in [-0.1, -0.05) is 13.3 Å². The lowest BCUT2D eigenvalue weighted by Crippen LogP contribution is -2.67. The molecule has 3 rings (SSSR count). The Labute approximate surface area is 199 Å². The number of nitrogens with zero attached hydrogens (tertiary/aromatic N) is 3. The zero-order chi connectivity index (χ0) is 24.7. The van der Waals surface area contributed by atoms with Crippen LogP contribution in [-0.4, -0.2) is 78.9 Å². The zero-order valence-corrected chi connectivity index (χ0v) is 20.6. The third kappa shape index (κ3) is 5.15. The van der Waals surface area contributed by atoms with Crippen LogP contribution in [0.4, 0.5) is 4.79 Å². The van der Waals surface area contributed by atoms with E-state index in [1.54, 1.807) is 21.4 Å². The fourth-order valence-electron chi connectivity index (χ4n) is 4.45. The minimum Gasteiger partial charge on any atom is -0.487 e. The van der Waals surface area contributed by atoms with Crippen LogP contribution in [-0.2, 0) is 20.8 Å². The number of fused-ring (bicyclic) bond motifs is 1. The maximum absolute atomic E-state index is 13.8. The smallest absolute Gasteiger partial charge is 0.409 e. The lowest BCUT2D eigenvalue weighted by atomic mass is 9.93. The maximum Gasteiger partial charge on any atom is 0.409 e. The fourth-order valence-corrected chi connectivity index (χ4v) is 4.45. The molecule has 2 aliphatic heterocycles. The second-order valence-corrected chi connectivity index (χ2v) is 8.35. The zero-order valence-electron chi connectivity index (χ0n) is 20.6. The summed E-state index contributed by atoms with van der Waals surface area (Å²) >= 11 is 0. The van der Waals surface area contributed by atoms with Crippen molar-refractivity contribution in [3.63, 3.8) is 0 Å². The first-order valence-corrected chi connectivity index (χ1v) is 11.9. The fraction of sp³-hybridized carbons (Fsp3) is 0.696.